The van der Waals surface area contributed by atoms with Crippen LogP contribution in [-0.4, -0.2) is 28.9 Å². The SMILES string of the molecule is Cc1ccnn1C(C)C(=O)Nc1ccc2c(c1)OCCO2. The molecule has 0 spiro atoms. The van der Waals surface area contributed by atoms with Gasteiger partial charge in [0, 0.05) is 23.6 Å². The molecule has 1 aromatic heterocycles. The number of aromatic nitrogens is 2. The van der Waals surface area contributed by atoms with Crippen molar-refractivity contribution in [2.24, 2.45) is 0 Å². The van der Waals surface area contributed by atoms with Crippen LogP contribution in [0.15, 0.2) is 30.5 Å². The van der Waals surface area contributed by atoms with Crippen LogP contribution < -0.4 is 14.8 Å². The number of hydrogen-bond donors (Lipinski definition) is 1. The molecule has 3 rings (SSSR count). The molecular formula is C15H17N3O3. The van der Waals surface area contributed by atoms with Crippen molar-refractivity contribution in [3.63, 3.8) is 0 Å². The molecule has 0 fully saturated rings. The number of fused-ring (bicyclic) bond motifs is 1. The van der Waals surface area contributed by atoms with E-state index < -0.39 is 0 Å². The first-order valence-electron chi connectivity index (χ1n) is 6.86. The smallest absolute Gasteiger partial charge is 0.248 e. The fraction of sp³-hybridized carbons (Fsp3) is 0.333. The van der Waals surface area contributed by atoms with Crippen molar-refractivity contribution in [2.45, 2.75) is 19.9 Å². The van der Waals surface area contributed by atoms with E-state index >= 15 is 0 Å². The van der Waals surface area contributed by atoms with Gasteiger partial charge in [-0.25, -0.2) is 0 Å². The molecule has 0 aliphatic carbocycles. The Morgan fingerprint density at radius 3 is 2.76 bits per heavy atom. The van der Waals surface area contributed by atoms with Gasteiger partial charge < -0.3 is 14.8 Å². The van der Waals surface area contributed by atoms with Crippen LogP contribution in [0.4, 0.5) is 5.69 Å². The molecular weight excluding hydrogens is 270 g/mol. The molecule has 21 heavy (non-hydrogen) atoms. The van der Waals surface area contributed by atoms with Crippen molar-refractivity contribution in [3.8, 4) is 11.5 Å². The van der Waals surface area contributed by atoms with Crippen LogP contribution in [0.2, 0.25) is 0 Å². The summed E-state index contributed by atoms with van der Waals surface area (Å²) < 4.78 is 12.6. The van der Waals surface area contributed by atoms with Gasteiger partial charge in [-0.05, 0) is 32.0 Å². The van der Waals surface area contributed by atoms with Crippen molar-refractivity contribution in [2.75, 3.05) is 18.5 Å². The van der Waals surface area contributed by atoms with Crippen molar-refractivity contribution >= 4 is 11.6 Å². The highest BCUT2D eigenvalue weighted by molar-refractivity contribution is 5.93. The van der Waals surface area contributed by atoms with E-state index in [-0.39, 0.29) is 11.9 Å². The molecule has 1 atom stereocenters. The minimum atomic E-state index is -0.381. The number of benzene rings is 1. The number of rotatable bonds is 3. The third kappa shape index (κ3) is 2.69. The van der Waals surface area contributed by atoms with E-state index in [0.29, 0.717) is 30.4 Å². The summed E-state index contributed by atoms with van der Waals surface area (Å²) in [7, 11) is 0. The third-order valence-electron chi connectivity index (χ3n) is 3.42. The fourth-order valence-electron chi connectivity index (χ4n) is 2.26. The van der Waals surface area contributed by atoms with Gasteiger partial charge in [0.05, 0.1) is 0 Å². The number of carbonyl (C=O) groups is 1. The summed E-state index contributed by atoms with van der Waals surface area (Å²) in [5, 5.41) is 7.03. The first-order chi connectivity index (χ1) is 10.1. The second-order valence-corrected chi connectivity index (χ2v) is 4.94. The summed E-state index contributed by atoms with van der Waals surface area (Å²) >= 11 is 0. The van der Waals surface area contributed by atoms with E-state index in [1.54, 1.807) is 29.1 Å². The lowest BCUT2D eigenvalue weighted by atomic mass is 10.2. The van der Waals surface area contributed by atoms with E-state index in [4.69, 9.17) is 9.47 Å². The molecule has 110 valence electrons. The first kappa shape index (κ1) is 13.5. The highest BCUT2D eigenvalue weighted by Gasteiger charge is 2.18. The molecule has 1 aliphatic rings. The Bertz CT molecular complexity index is 666. The van der Waals surface area contributed by atoms with Crippen LogP contribution >= 0.6 is 0 Å². The largest absolute Gasteiger partial charge is 0.486 e. The van der Waals surface area contributed by atoms with Crippen LogP contribution in [0.5, 0.6) is 11.5 Å². The number of aryl methyl sites for hydroxylation is 1. The number of amides is 1. The predicted octanol–water partition coefficient (Wildman–Crippen LogP) is 2.16. The zero-order valence-corrected chi connectivity index (χ0v) is 12.0. The van der Waals surface area contributed by atoms with Crippen LogP contribution in [0.25, 0.3) is 0 Å². The van der Waals surface area contributed by atoms with Crippen LogP contribution in [-0.2, 0) is 4.79 Å². The standard InChI is InChI=1S/C15H17N3O3/c1-10-5-6-16-18(10)11(2)15(19)17-12-3-4-13-14(9-12)21-8-7-20-13/h3-6,9,11H,7-8H2,1-2H3,(H,17,19). The lowest BCUT2D eigenvalue weighted by Gasteiger charge is -2.19. The fourth-order valence-corrected chi connectivity index (χ4v) is 2.26. The molecule has 0 saturated heterocycles. The van der Waals surface area contributed by atoms with Crippen LogP contribution in [0.1, 0.15) is 18.7 Å². The van der Waals surface area contributed by atoms with E-state index in [0.717, 1.165) is 5.69 Å². The molecule has 1 aromatic carbocycles. The molecule has 1 aliphatic heterocycles. The zero-order valence-electron chi connectivity index (χ0n) is 12.0. The Morgan fingerprint density at radius 1 is 1.29 bits per heavy atom. The Labute approximate surface area is 122 Å². The molecule has 6 heteroatoms. The van der Waals surface area contributed by atoms with Gasteiger partial charge in [-0.15, -0.1) is 0 Å². The van der Waals surface area contributed by atoms with Crippen molar-refractivity contribution in [3.05, 3.63) is 36.2 Å². The van der Waals surface area contributed by atoms with Gasteiger partial charge in [0.1, 0.15) is 19.3 Å². The minimum Gasteiger partial charge on any atom is -0.486 e. The van der Waals surface area contributed by atoms with Gasteiger partial charge in [-0.2, -0.15) is 5.10 Å². The maximum Gasteiger partial charge on any atom is 0.248 e. The maximum atomic E-state index is 12.3. The molecule has 2 heterocycles. The Kier molecular flexibility index (Phi) is 3.51. The van der Waals surface area contributed by atoms with Gasteiger partial charge in [0.15, 0.2) is 11.5 Å². The second kappa shape index (κ2) is 5.47. The van der Waals surface area contributed by atoms with Crippen molar-refractivity contribution < 1.29 is 14.3 Å². The predicted molar refractivity (Wildman–Crippen MR) is 77.7 cm³/mol. The highest BCUT2D eigenvalue weighted by atomic mass is 16.6. The number of ether oxygens (including phenoxy) is 2. The zero-order chi connectivity index (χ0) is 14.8. The number of nitrogens with one attached hydrogen (secondary N) is 1. The van der Waals surface area contributed by atoms with Crippen molar-refractivity contribution in [1.82, 2.24) is 9.78 Å². The molecule has 0 radical (unpaired) electrons. The number of anilines is 1. The summed E-state index contributed by atoms with van der Waals surface area (Å²) in [4.78, 5) is 12.3. The first-order valence-corrected chi connectivity index (χ1v) is 6.86. The number of carbonyl (C=O) groups excluding carboxylic acids is 1. The van der Waals surface area contributed by atoms with E-state index in [9.17, 15) is 4.79 Å². The summed E-state index contributed by atoms with van der Waals surface area (Å²) in [6, 6.07) is 6.86. The number of nitrogens with zero attached hydrogens (tertiary/aromatic N) is 2. The van der Waals surface area contributed by atoms with Gasteiger partial charge in [-0.1, -0.05) is 0 Å². The molecule has 6 nitrogen and oxygen atoms in total. The lowest BCUT2D eigenvalue weighted by molar-refractivity contribution is -0.119. The summed E-state index contributed by atoms with van der Waals surface area (Å²) in [6.45, 7) is 4.80. The van der Waals surface area contributed by atoms with E-state index in [2.05, 4.69) is 10.4 Å². The van der Waals surface area contributed by atoms with Crippen LogP contribution in [0.3, 0.4) is 0 Å². The van der Waals surface area contributed by atoms with Gasteiger partial charge in [-0.3, -0.25) is 9.48 Å². The van der Waals surface area contributed by atoms with E-state index in [1.807, 2.05) is 19.9 Å². The van der Waals surface area contributed by atoms with Gasteiger partial charge >= 0.3 is 0 Å². The molecule has 2 aromatic rings. The molecule has 0 saturated carbocycles. The molecule has 1 amide bonds. The molecule has 0 bridgehead atoms. The number of hydrogen-bond acceptors (Lipinski definition) is 4. The highest BCUT2D eigenvalue weighted by Crippen LogP contribution is 2.32. The van der Waals surface area contributed by atoms with Crippen LogP contribution in [0, 0.1) is 6.92 Å². The Morgan fingerprint density at radius 2 is 2.05 bits per heavy atom. The lowest BCUT2D eigenvalue weighted by Crippen LogP contribution is -2.25. The minimum absolute atomic E-state index is 0.126. The van der Waals surface area contributed by atoms with E-state index in [1.165, 1.54) is 0 Å². The average Bonchev–Trinajstić information content (AvgIpc) is 2.92. The summed E-state index contributed by atoms with van der Waals surface area (Å²) in [5.41, 5.74) is 1.63. The monoisotopic (exact) mass is 287 g/mol. The topological polar surface area (TPSA) is 65.4 Å². The van der Waals surface area contributed by atoms with Crippen molar-refractivity contribution in [1.29, 1.82) is 0 Å². The molecule has 1 N–H and O–H groups in total. The quantitative estimate of drug-likeness (QED) is 0.939. The Balaban J connectivity index is 1.74. The normalized spacial score (nSPS) is 14.6. The second-order valence-electron chi connectivity index (χ2n) is 4.94. The summed E-state index contributed by atoms with van der Waals surface area (Å²) in [5.74, 6) is 1.23. The third-order valence-corrected chi connectivity index (χ3v) is 3.42. The summed E-state index contributed by atoms with van der Waals surface area (Å²) in [6.07, 6.45) is 1.68. The maximum absolute atomic E-state index is 12.3. The van der Waals surface area contributed by atoms with Gasteiger partial charge in [0.2, 0.25) is 5.91 Å². The average molecular weight is 287 g/mol. The van der Waals surface area contributed by atoms with Gasteiger partial charge in [0.25, 0.3) is 0 Å². The molecule has 1 unspecified atom stereocenters. The Hall–Kier alpha value is -2.50.